The smallest absolute Gasteiger partial charge is 0.129 e. The molecule has 0 amide bonds. The molecule has 0 saturated heterocycles. The highest BCUT2D eigenvalue weighted by molar-refractivity contribution is 6.29. The summed E-state index contributed by atoms with van der Waals surface area (Å²) in [5.41, 5.74) is 1.20. The number of aromatic nitrogens is 1. The number of nitrogens with one attached hydrogen (secondary N) is 1. The van der Waals surface area contributed by atoms with Gasteiger partial charge in [-0.05, 0) is 24.5 Å². The Morgan fingerprint density at radius 2 is 2.07 bits per heavy atom. The number of hydrogen-bond donors (Lipinski definition) is 1. The Labute approximate surface area is 101 Å². The van der Waals surface area contributed by atoms with E-state index in [1.807, 2.05) is 18.3 Å². The summed E-state index contributed by atoms with van der Waals surface area (Å²) >= 11 is 5.66. The zero-order chi connectivity index (χ0) is 8.39. The van der Waals surface area contributed by atoms with Crippen LogP contribution in [0.25, 0.3) is 0 Å². The maximum absolute atomic E-state index is 5.66. The van der Waals surface area contributed by atoms with E-state index in [9.17, 15) is 0 Å². The zero-order valence-corrected chi connectivity index (χ0v) is 9.96. The van der Waals surface area contributed by atoms with Crippen LogP contribution in [-0.2, 0) is 6.54 Å². The highest BCUT2D eigenvalue weighted by Crippen LogP contribution is 2.19. The first-order valence-corrected chi connectivity index (χ1v) is 4.56. The molecule has 2 rings (SSSR count). The van der Waals surface area contributed by atoms with E-state index in [1.165, 1.54) is 18.4 Å². The summed E-state index contributed by atoms with van der Waals surface area (Å²) in [4.78, 5) is 4.00. The normalized spacial score (nSPS) is 14.1. The summed E-state index contributed by atoms with van der Waals surface area (Å²) in [5.74, 6) is 0. The van der Waals surface area contributed by atoms with Crippen molar-refractivity contribution in [1.82, 2.24) is 10.3 Å². The third kappa shape index (κ3) is 4.47. The second-order valence-electron chi connectivity index (χ2n) is 3.14. The van der Waals surface area contributed by atoms with E-state index < -0.39 is 0 Å². The lowest BCUT2D eigenvalue weighted by molar-refractivity contribution is 0.686. The van der Waals surface area contributed by atoms with Gasteiger partial charge in [-0.15, -0.1) is 24.8 Å². The molecule has 1 saturated carbocycles. The number of halogens is 3. The maximum atomic E-state index is 5.66. The summed E-state index contributed by atoms with van der Waals surface area (Å²) in [6.45, 7) is 0.912. The lowest BCUT2D eigenvalue weighted by Gasteiger charge is -2.01. The van der Waals surface area contributed by atoms with Gasteiger partial charge in [0, 0.05) is 18.8 Å². The van der Waals surface area contributed by atoms with Gasteiger partial charge in [-0.1, -0.05) is 17.7 Å². The summed E-state index contributed by atoms with van der Waals surface area (Å²) in [6, 6.07) is 4.58. The Bertz CT molecular complexity index is 259. The molecule has 1 aromatic rings. The van der Waals surface area contributed by atoms with E-state index >= 15 is 0 Å². The molecule has 1 aromatic heterocycles. The molecule has 0 unspecified atom stereocenters. The lowest BCUT2D eigenvalue weighted by Crippen LogP contribution is -2.15. The van der Waals surface area contributed by atoms with E-state index in [4.69, 9.17) is 11.6 Å². The molecule has 0 radical (unpaired) electrons. The van der Waals surface area contributed by atoms with Crippen molar-refractivity contribution < 1.29 is 0 Å². The second kappa shape index (κ2) is 6.46. The Morgan fingerprint density at radius 1 is 1.36 bits per heavy atom. The van der Waals surface area contributed by atoms with E-state index in [1.54, 1.807) is 0 Å². The molecule has 1 N–H and O–H groups in total. The van der Waals surface area contributed by atoms with Gasteiger partial charge in [0.2, 0.25) is 0 Å². The van der Waals surface area contributed by atoms with Gasteiger partial charge < -0.3 is 5.32 Å². The van der Waals surface area contributed by atoms with E-state index in [0.717, 1.165) is 12.6 Å². The molecule has 0 atom stereocenters. The SMILES string of the molecule is Cl.Cl.Clc1ccc(CNC2CC2)cn1. The molecule has 14 heavy (non-hydrogen) atoms. The first kappa shape index (κ1) is 14.0. The van der Waals surface area contributed by atoms with Crippen LogP contribution in [0.2, 0.25) is 5.15 Å². The number of hydrogen-bond acceptors (Lipinski definition) is 2. The molecule has 0 spiro atoms. The molecule has 80 valence electrons. The molecular formula is C9H13Cl3N2. The van der Waals surface area contributed by atoms with Crippen molar-refractivity contribution in [2.24, 2.45) is 0 Å². The standard InChI is InChI=1S/C9H11ClN2.2ClH/c10-9-4-1-7(6-12-9)5-11-8-2-3-8;;/h1,4,6,8,11H,2-3,5H2;2*1H. The molecule has 1 fully saturated rings. The Balaban J connectivity index is 0.000000845. The molecule has 0 aromatic carbocycles. The van der Waals surface area contributed by atoms with Crippen molar-refractivity contribution in [3.05, 3.63) is 29.0 Å². The van der Waals surface area contributed by atoms with Crippen LogP contribution in [0.5, 0.6) is 0 Å². The molecule has 5 heteroatoms. The van der Waals surface area contributed by atoms with Crippen LogP contribution in [0.3, 0.4) is 0 Å². The van der Waals surface area contributed by atoms with Crippen molar-refractivity contribution in [1.29, 1.82) is 0 Å². The van der Waals surface area contributed by atoms with Crippen molar-refractivity contribution in [3.8, 4) is 0 Å². The van der Waals surface area contributed by atoms with Crippen LogP contribution in [0, 0.1) is 0 Å². The number of nitrogens with zero attached hydrogens (tertiary/aromatic N) is 1. The van der Waals surface area contributed by atoms with Crippen LogP contribution in [-0.4, -0.2) is 11.0 Å². The number of rotatable bonds is 3. The highest BCUT2D eigenvalue weighted by Gasteiger charge is 2.19. The predicted molar refractivity (Wildman–Crippen MR) is 63.6 cm³/mol. The van der Waals surface area contributed by atoms with Crippen molar-refractivity contribution in [2.45, 2.75) is 25.4 Å². The third-order valence-electron chi connectivity index (χ3n) is 1.96. The lowest BCUT2D eigenvalue weighted by atomic mass is 10.3. The summed E-state index contributed by atoms with van der Waals surface area (Å²) in [7, 11) is 0. The van der Waals surface area contributed by atoms with Crippen LogP contribution in [0.1, 0.15) is 18.4 Å². The quantitative estimate of drug-likeness (QED) is 0.840. The molecule has 1 heterocycles. The molecule has 2 nitrogen and oxygen atoms in total. The molecule has 0 bridgehead atoms. The maximum Gasteiger partial charge on any atom is 0.129 e. The minimum Gasteiger partial charge on any atom is -0.310 e. The fraction of sp³-hybridized carbons (Fsp3) is 0.444. The zero-order valence-electron chi connectivity index (χ0n) is 7.57. The van der Waals surface area contributed by atoms with E-state index in [-0.39, 0.29) is 24.8 Å². The average Bonchev–Trinajstić information content (AvgIpc) is 2.87. The van der Waals surface area contributed by atoms with Gasteiger partial charge in [-0.25, -0.2) is 4.98 Å². The summed E-state index contributed by atoms with van der Waals surface area (Å²) in [6.07, 6.45) is 4.46. The largest absolute Gasteiger partial charge is 0.310 e. The van der Waals surface area contributed by atoms with Gasteiger partial charge >= 0.3 is 0 Å². The van der Waals surface area contributed by atoms with Gasteiger partial charge in [-0.3, -0.25) is 0 Å². The Kier molecular flexibility index (Phi) is 6.45. The van der Waals surface area contributed by atoms with E-state index in [2.05, 4.69) is 10.3 Å². The van der Waals surface area contributed by atoms with Gasteiger partial charge in [0.1, 0.15) is 5.15 Å². The molecule has 1 aliphatic carbocycles. The highest BCUT2D eigenvalue weighted by atomic mass is 35.5. The Hall–Kier alpha value is -0.0200. The third-order valence-corrected chi connectivity index (χ3v) is 2.18. The van der Waals surface area contributed by atoms with Crippen molar-refractivity contribution >= 4 is 36.4 Å². The summed E-state index contributed by atoms with van der Waals surface area (Å²) < 4.78 is 0. The second-order valence-corrected chi connectivity index (χ2v) is 3.53. The van der Waals surface area contributed by atoms with Crippen LogP contribution in [0.15, 0.2) is 18.3 Å². The van der Waals surface area contributed by atoms with Crippen LogP contribution >= 0.6 is 36.4 Å². The number of pyridine rings is 1. The first-order valence-electron chi connectivity index (χ1n) is 4.18. The van der Waals surface area contributed by atoms with Gasteiger partial charge in [-0.2, -0.15) is 0 Å². The molecule has 1 aliphatic rings. The van der Waals surface area contributed by atoms with Gasteiger partial charge in [0.15, 0.2) is 0 Å². The minimum atomic E-state index is 0. The predicted octanol–water partition coefficient (Wildman–Crippen LogP) is 2.83. The van der Waals surface area contributed by atoms with Crippen molar-refractivity contribution in [2.75, 3.05) is 0 Å². The van der Waals surface area contributed by atoms with Gasteiger partial charge in [0.05, 0.1) is 0 Å². The summed E-state index contributed by atoms with van der Waals surface area (Å²) in [5, 5.41) is 3.97. The molecular weight excluding hydrogens is 242 g/mol. The topological polar surface area (TPSA) is 24.9 Å². The van der Waals surface area contributed by atoms with Crippen molar-refractivity contribution in [3.63, 3.8) is 0 Å². The van der Waals surface area contributed by atoms with E-state index in [0.29, 0.717) is 5.15 Å². The minimum absolute atomic E-state index is 0. The van der Waals surface area contributed by atoms with Crippen LogP contribution < -0.4 is 5.32 Å². The fourth-order valence-corrected chi connectivity index (χ4v) is 1.17. The first-order chi connectivity index (χ1) is 5.84. The molecule has 0 aliphatic heterocycles. The fourth-order valence-electron chi connectivity index (χ4n) is 1.06. The van der Waals surface area contributed by atoms with Gasteiger partial charge in [0.25, 0.3) is 0 Å². The average molecular weight is 256 g/mol. The Morgan fingerprint density at radius 3 is 2.57 bits per heavy atom. The monoisotopic (exact) mass is 254 g/mol. The van der Waals surface area contributed by atoms with Crippen LogP contribution in [0.4, 0.5) is 0 Å².